The number of aliphatic hydroxyl groups is 1. The maximum Gasteiger partial charge on any atom is 0.326 e. The lowest BCUT2D eigenvalue weighted by Crippen LogP contribution is -2.58. The molecule has 9 N–H and O–H groups in total. The molecule has 15 heteroatoms. The Morgan fingerprint density at radius 3 is 1.59 bits per heavy atom. The van der Waals surface area contributed by atoms with Gasteiger partial charge in [-0.25, -0.2) is 4.79 Å². The van der Waals surface area contributed by atoms with Crippen molar-refractivity contribution < 1.29 is 49.2 Å². The molecule has 0 bridgehead atoms. The molecule has 14 nitrogen and oxygen atoms in total. The van der Waals surface area contributed by atoms with Gasteiger partial charge < -0.3 is 42.1 Å². The second kappa shape index (κ2) is 14.2. The predicted octanol–water partition coefficient (Wildman–Crippen LogP) is -3.11. The lowest BCUT2D eigenvalue weighted by molar-refractivity contribution is -0.143. The van der Waals surface area contributed by atoms with Gasteiger partial charge >= 0.3 is 17.9 Å². The van der Waals surface area contributed by atoms with Crippen LogP contribution in [-0.2, 0) is 28.8 Å². The lowest BCUT2D eigenvalue weighted by Gasteiger charge is -2.24. The van der Waals surface area contributed by atoms with Crippen molar-refractivity contribution in [1.29, 1.82) is 0 Å². The zero-order valence-electron chi connectivity index (χ0n) is 17.2. The first-order valence-corrected chi connectivity index (χ1v) is 10.0. The van der Waals surface area contributed by atoms with Gasteiger partial charge in [0.05, 0.1) is 6.10 Å². The minimum atomic E-state index is -1.54. The van der Waals surface area contributed by atoms with Crippen molar-refractivity contribution in [2.75, 3.05) is 5.75 Å². The smallest absolute Gasteiger partial charge is 0.326 e. The largest absolute Gasteiger partial charge is 0.481 e. The molecule has 0 aromatic rings. The highest BCUT2D eigenvalue weighted by Crippen LogP contribution is 2.03. The van der Waals surface area contributed by atoms with Crippen molar-refractivity contribution in [2.24, 2.45) is 5.73 Å². The van der Waals surface area contributed by atoms with Crippen LogP contribution in [-0.4, -0.2) is 92.1 Å². The number of rotatable bonds is 15. The molecule has 0 aromatic heterocycles. The van der Waals surface area contributed by atoms with Gasteiger partial charge in [-0.1, -0.05) is 0 Å². The number of nitrogens with one attached hydrogen (secondary N) is 3. The third-order valence-electron chi connectivity index (χ3n) is 4.18. The second-order valence-corrected chi connectivity index (χ2v) is 7.20. The normalized spacial score (nSPS) is 15.4. The molecule has 5 unspecified atom stereocenters. The molecule has 182 valence electrons. The third kappa shape index (κ3) is 10.9. The van der Waals surface area contributed by atoms with Crippen LogP contribution in [0.15, 0.2) is 0 Å². The van der Waals surface area contributed by atoms with E-state index in [1.165, 1.54) is 6.92 Å². The molecule has 0 heterocycles. The van der Waals surface area contributed by atoms with Crippen molar-refractivity contribution >= 4 is 48.3 Å². The summed E-state index contributed by atoms with van der Waals surface area (Å²) in [6.07, 6.45) is -3.07. The van der Waals surface area contributed by atoms with Crippen LogP contribution < -0.4 is 21.7 Å². The maximum atomic E-state index is 12.6. The Labute approximate surface area is 188 Å². The van der Waals surface area contributed by atoms with Crippen LogP contribution in [0.3, 0.4) is 0 Å². The molecular weight excluding hydrogens is 452 g/mol. The van der Waals surface area contributed by atoms with Crippen molar-refractivity contribution in [3.63, 3.8) is 0 Å². The summed E-state index contributed by atoms with van der Waals surface area (Å²) in [4.78, 5) is 69.7. The van der Waals surface area contributed by atoms with E-state index in [0.717, 1.165) is 0 Å². The molecule has 0 radical (unpaired) electrons. The average molecular weight is 480 g/mol. The fraction of sp³-hybridized carbons (Fsp3) is 0.647. The van der Waals surface area contributed by atoms with Gasteiger partial charge in [0, 0.05) is 18.6 Å². The Morgan fingerprint density at radius 1 is 0.781 bits per heavy atom. The molecule has 3 amide bonds. The first-order chi connectivity index (χ1) is 14.8. The number of carbonyl (C=O) groups is 6. The van der Waals surface area contributed by atoms with Crippen molar-refractivity contribution in [1.82, 2.24) is 16.0 Å². The zero-order valence-corrected chi connectivity index (χ0v) is 18.1. The predicted molar refractivity (Wildman–Crippen MR) is 111 cm³/mol. The minimum Gasteiger partial charge on any atom is -0.481 e. The van der Waals surface area contributed by atoms with E-state index in [2.05, 4.69) is 28.6 Å². The molecule has 0 rings (SSSR count). The molecule has 0 aromatic carbocycles. The second-order valence-electron chi connectivity index (χ2n) is 6.84. The number of carbonyl (C=O) groups excluding carboxylic acids is 3. The molecule has 0 fully saturated rings. The van der Waals surface area contributed by atoms with Crippen molar-refractivity contribution in [3.8, 4) is 0 Å². The van der Waals surface area contributed by atoms with Crippen LogP contribution in [0.2, 0.25) is 0 Å². The van der Waals surface area contributed by atoms with Gasteiger partial charge in [-0.05, 0) is 19.8 Å². The molecule has 0 aliphatic rings. The first kappa shape index (κ1) is 29.1. The Bertz CT molecular complexity index is 717. The first-order valence-electron chi connectivity index (χ1n) is 9.42. The van der Waals surface area contributed by atoms with Crippen LogP contribution in [0.1, 0.15) is 32.6 Å². The van der Waals surface area contributed by atoms with E-state index < -0.39 is 85.2 Å². The number of thiol groups is 1. The fourth-order valence-electron chi connectivity index (χ4n) is 2.29. The van der Waals surface area contributed by atoms with Crippen LogP contribution in [0.5, 0.6) is 0 Å². The Morgan fingerprint density at radius 2 is 1.19 bits per heavy atom. The minimum absolute atomic E-state index is 0.296. The van der Waals surface area contributed by atoms with Gasteiger partial charge in [0.1, 0.15) is 24.2 Å². The Kier molecular flexibility index (Phi) is 12.9. The number of amides is 3. The number of aliphatic hydroxyl groups excluding tert-OH is 1. The van der Waals surface area contributed by atoms with Gasteiger partial charge in [-0.15, -0.1) is 0 Å². The third-order valence-corrected chi connectivity index (χ3v) is 4.54. The number of aliphatic carboxylic acids is 3. The van der Waals surface area contributed by atoms with Crippen molar-refractivity contribution in [2.45, 2.75) is 62.9 Å². The van der Waals surface area contributed by atoms with E-state index in [9.17, 15) is 33.9 Å². The van der Waals surface area contributed by atoms with E-state index in [4.69, 9.17) is 21.1 Å². The van der Waals surface area contributed by atoms with Gasteiger partial charge in [0.15, 0.2) is 0 Å². The molecule has 0 saturated carbocycles. The van der Waals surface area contributed by atoms with Crippen LogP contribution >= 0.6 is 12.6 Å². The molecule has 0 aliphatic carbocycles. The van der Waals surface area contributed by atoms with Crippen LogP contribution in [0.25, 0.3) is 0 Å². The van der Waals surface area contributed by atoms with Crippen LogP contribution in [0.4, 0.5) is 0 Å². The summed E-state index contributed by atoms with van der Waals surface area (Å²) in [6, 6.07) is -5.75. The summed E-state index contributed by atoms with van der Waals surface area (Å²) in [6.45, 7) is 1.24. The summed E-state index contributed by atoms with van der Waals surface area (Å²) in [7, 11) is 0. The van der Waals surface area contributed by atoms with E-state index in [-0.39, 0.29) is 12.2 Å². The monoisotopic (exact) mass is 480 g/mol. The molecule has 5 atom stereocenters. The van der Waals surface area contributed by atoms with Gasteiger partial charge in [0.2, 0.25) is 17.7 Å². The average Bonchev–Trinajstić information content (AvgIpc) is 2.70. The molecule has 32 heavy (non-hydrogen) atoms. The number of carboxylic acid groups (broad SMARTS) is 3. The SMILES string of the molecule is CC(O)C(N)C(=O)NC(CCC(=O)O)C(=O)NC(CS)C(=O)NC(CCC(=O)O)C(=O)O. The quantitative estimate of drug-likeness (QED) is 0.106. The highest BCUT2D eigenvalue weighted by Gasteiger charge is 2.30. The number of carboxylic acids is 3. The molecule has 0 saturated heterocycles. The van der Waals surface area contributed by atoms with Crippen LogP contribution in [0, 0.1) is 0 Å². The zero-order chi connectivity index (χ0) is 25.0. The maximum absolute atomic E-state index is 12.6. The van der Waals surface area contributed by atoms with Gasteiger partial charge in [-0.3, -0.25) is 24.0 Å². The van der Waals surface area contributed by atoms with Gasteiger partial charge in [-0.2, -0.15) is 12.6 Å². The number of hydrogen-bond donors (Lipinski definition) is 9. The molecular formula is C17H28N4O10S. The summed E-state index contributed by atoms with van der Waals surface area (Å²) < 4.78 is 0. The summed E-state index contributed by atoms with van der Waals surface area (Å²) >= 11 is 3.92. The summed E-state index contributed by atoms with van der Waals surface area (Å²) in [5.74, 6) is -7.19. The topological polar surface area (TPSA) is 245 Å². The van der Waals surface area contributed by atoms with Gasteiger partial charge in [0.25, 0.3) is 0 Å². The Hall–Kier alpha value is -2.91. The van der Waals surface area contributed by atoms with E-state index in [0.29, 0.717) is 0 Å². The highest BCUT2D eigenvalue weighted by molar-refractivity contribution is 7.80. The Balaban J connectivity index is 5.30. The van der Waals surface area contributed by atoms with E-state index >= 15 is 0 Å². The lowest BCUT2D eigenvalue weighted by atomic mass is 10.1. The molecule has 0 aliphatic heterocycles. The van der Waals surface area contributed by atoms with E-state index in [1.54, 1.807) is 0 Å². The highest BCUT2D eigenvalue weighted by atomic mass is 32.1. The number of hydrogen-bond acceptors (Lipinski definition) is 9. The standard InChI is InChI=1S/C17H28N4O10S/c1-7(22)13(18)16(29)19-8(2-4-11(23)24)14(27)21-10(6-32)15(28)20-9(17(30)31)3-5-12(25)26/h7-10,13,22,32H,2-6,18H2,1H3,(H,19,29)(H,20,28)(H,21,27)(H,23,24)(H,25,26)(H,30,31). The fourth-order valence-corrected chi connectivity index (χ4v) is 2.54. The summed E-state index contributed by atoms with van der Waals surface area (Å²) in [5.41, 5.74) is 5.49. The summed E-state index contributed by atoms with van der Waals surface area (Å²) in [5, 5.41) is 42.6. The molecule has 0 spiro atoms. The van der Waals surface area contributed by atoms with E-state index in [1.807, 2.05) is 0 Å². The van der Waals surface area contributed by atoms with Crippen molar-refractivity contribution in [3.05, 3.63) is 0 Å². The number of nitrogens with two attached hydrogens (primary N) is 1.